The molecule has 0 spiro atoms. The second-order valence-electron chi connectivity index (χ2n) is 5.27. The van der Waals surface area contributed by atoms with Crippen LogP contribution in [0.2, 0.25) is 0 Å². The van der Waals surface area contributed by atoms with E-state index < -0.39 is 5.91 Å². The summed E-state index contributed by atoms with van der Waals surface area (Å²) in [5.41, 5.74) is 7.08. The molecular formula is C18H20N2O3. The first-order chi connectivity index (χ1) is 11.1. The second kappa shape index (κ2) is 8.10. The smallest absolute Gasteiger partial charge is 0.251 e. The van der Waals surface area contributed by atoms with E-state index in [-0.39, 0.29) is 18.4 Å². The van der Waals surface area contributed by atoms with E-state index in [1.165, 1.54) is 12.1 Å². The SMILES string of the molecule is NC(=O)c1ccc(C(=O)NCC(CCO)c2ccccc2)cc1. The molecule has 2 rings (SSSR count). The standard InChI is InChI=1S/C18H20N2O3/c19-17(22)14-6-8-15(9-7-14)18(23)20-12-16(10-11-21)13-4-2-1-3-5-13/h1-9,16,21H,10-12H2,(H2,19,22)(H,20,23). The molecule has 0 aliphatic heterocycles. The van der Waals surface area contributed by atoms with Gasteiger partial charge in [0.2, 0.25) is 5.91 Å². The quantitative estimate of drug-likeness (QED) is 0.726. The van der Waals surface area contributed by atoms with Gasteiger partial charge < -0.3 is 16.2 Å². The number of amides is 2. The maximum Gasteiger partial charge on any atom is 0.251 e. The maximum atomic E-state index is 12.2. The zero-order valence-electron chi connectivity index (χ0n) is 12.7. The molecule has 5 nitrogen and oxygen atoms in total. The number of nitrogens with two attached hydrogens (primary N) is 1. The van der Waals surface area contributed by atoms with Crippen LogP contribution in [0.4, 0.5) is 0 Å². The van der Waals surface area contributed by atoms with Gasteiger partial charge in [0.05, 0.1) is 0 Å². The normalized spacial score (nSPS) is 11.7. The van der Waals surface area contributed by atoms with Gasteiger partial charge in [-0.2, -0.15) is 0 Å². The molecule has 1 unspecified atom stereocenters. The van der Waals surface area contributed by atoms with E-state index in [0.29, 0.717) is 24.1 Å². The molecule has 0 aliphatic carbocycles. The molecule has 0 saturated carbocycles. The average Bonchev–Trinajstić information content (AvgIpc) is 2.59. The highest BCUT2D eigenvalue weighted by Crippen LogP contribution is 2.18. The van der Waals surface area contributed by atoms with E-state index in [1.807, 2.05) is 30.3 Å². The fraction of sp³-hybridized carbons (Fsp3) is 0.222. The predicted molar refractivity (Wildman–Crippen MR) is 88.2 cm³/mol. The van der Waals surface area contributed by atoms with Crippen LogP contribution in [0.25, 0.3) is 0 Å². The highest BCUT2D eigenvalue weighted by molar-refractivity contribution is 5.97. The summed E-state index contributed by atoms with van der Waals surface area (Å²) in [6.45, 7) is 0.490. The van der Waals surface area contributed by atoms with E-state index in [9.17, 15) is 14.7 Å². The van der Waals surface area contributed by atoms with Crippen molar-refractivity contribution in [1.29, 1.82) is 0 Å². The minimum atomic E-state index is -0.524. The Hall–Kier alpha value is -2.66. The van der Waals surface area contributed by atoms with Gasteiger partial charge in [-0.05, 0) is 36.2 Å². The Morgan fingerprint density at radius 2 is 1.61 bits per heavy atom. The molecule has 2 aromatic carbocycles. The maximum absolute atomic E-state index is 12.2. The van der Waals surface area contributed by atoms with E-state index in [1.54, 1.807) is 12.1 Å². The van der Waals surface area contributed by atoms with Gasteiger partial charge in [0.15, 0.2) is 0 Å². The van der Waals surface area contributed by atoms with Crippen molar-refractivity contribution in [2.75, 3.05) is 13.2 Å². The molecule has 2 aromatic rings. The zero-order chi connectivity index (χ0) is 16.7. The van der Waals surface area contributed by atoms with Crippen LogP contribution in [0.5, 0.6) is 0 Å². The molecule has 2 amide bonds. The highest BCUT2D eigenvalue weighted by atomic mass is 16.3. The third-order valence-corrected chi connectivity index (χ3v) is 3.69. The highest BCUT2D eigenvalue weighted by Gasteiger charge is 2.13. The monoisotopic (exact) mass is 312 g/mol. The molecule has 5 heteroatoms. The Kier molecular flexibility index (Phi) is 5.88. The van der Waals surface area contributed by atoms with Gasteiger partial charge in [0.25, 0.3) is 5.91 Å². The summed E-state index contributed by atoms with van der Waals surface area (Å²) in [7, 11) is 0. The fourth-order valence-corrected chi connectivity index (χ4v) is 2.37. The van der Waals surface area contributed by atoms with Gasteiger partial charge in [0, 0.05) is 30.2 Å². The molecule has 1 atom stereocenters. The topological polar surface area (TPSA) is 92.4 Å². The van der Waals surface area contributed by atoms with Crippen LogP contribution < -0.4 is 11.1 Å². The van der Waals surface area contributed by atoms with Crippen molar-refractivity contribution in [1.82, 2.24) is 5.32 Å². The molecule has 0 heterocycles. The first kappa shape index (κ1) is 16.7. The minimum absolute atomic E-state index is 0.0510. The number of aliphatic hydroxyl groups excluding tert-OH is 1. The number of hydrogen-bond acceptors (Lipinski definition) is 3. The summed E-state index contributed by atoms with van der Waals surface area (Å²) in [5.74, 6) is -0.695. The third kappa shape index (κ3) is 4.66. The lowest BCUT2D eigenvalue weighted by atomic mass is 9.96. The first-order valence-electron chi connectivity index (χ1n) is 7.45. The van der Waals surface area contributed by atoms with E-state index in [0.717, 1.165) is 5.56 Å². The van der Waals surface area contributed by atoms with Crippen LogP contribution in [-0.4, -0.2) is 30.1 Å². The molecule has 120 valence electrons. The van der Waals surface area contributed by atoms with Crippen LogP contribution in [0.3, 0.4) is 0 Å². The molecule has 0 radical (unpaired) electrons. The summed E-state index contributed by atoms with van der Waals surface area (Å²) in [6, 6.07) is 16.0. The van der Waals surface area contributed by atoms with Gasteiger partial charge in [-0.1, -0.05) is 30.3 Å². The number of aliphatic hydroxyl groups is 1. The van der Waals surface area contributed by atoms with Crippen LogP contribution in [0.1, 0.15) is 38.6 Å². The predicted octanol–water partition coefficient (Wildman–Crippen LogP) is 1.68. The average molecular weight is 312 g/mol. The molecule has 4 N–H and O–H groups in total. The van der Waals surface area contributed by atoms with Gasteiger partial charge >= 0.3 is 0 Å². The first-order valence-corrected chi connectivity index (χ1v) is 7.45. The van der Waals surface area contributed by atoms with Crippen molar-refractivity contribution in [3.63, 3.8) is 0 Å². The van der Waals surface area contributed by atoms with E-state index >= 15 is 0 Å². The number of rotatable bonds is 7. The lowest BCUT2D eigenvalue weighted by Gasteiger charge is -2.17. The van der Waals surface area contributed by atoms with E-state index in [4.69, 9.17) is 5.73 Å². The summed E-state index contributed by atoms with van der Waals surface area (Å²) in [5, 5.41) is 12.1. The number of hydrogen-bond donors (Lipinski definition) is 3. The van der Waals surface area contributed by atoms with E-state index in [2.05, 4.69) is 5.32 Å². The van der Waals surface area contributed by atoms with Crippen molar-refractivity contribution in [2.24, 2.45) is 5.73 Å². The zero-order valence-corrected chi connectivity index (χ0v) is 12.7. The molecule has 0 aromatic heterocycles. The largest absolute Gasteiger partial charge is 0.396 e. The molecule has 0 saturated heterocycles. The van der Waals surface area contributed by atoms with Crippen molar-refractivity contribution in [3.8, 4) is 0 Å². The van der Waals surface area contributed by atoms with Gasteiger partial charge in [-0.15, -0.1) is 0 Å². The molecule has 0 fully saturated rings. The Morgan fingerprint density at radius 1 is 1.00 bits per heavy atom. The minimum Gasteiger partial charge on any atom is -0.396 e. The summed E-state index contributed by atoms with van der Waals surface area (Å²) >= 11 is 0. The van der Waals surface area contributed by atoms with Crippen molar-refractivity contribution in [2.45, 2.75) is 12.3 Å². The van der Waals surface area contributed by atoms with Crippen molar-refractivity contribution in [3.05, 3.63) is 71.3 Å². The molecule has 0 aliphatic rings. The third-order valence-electron chi connectivity index (χ3n) is 3.69. The van der Waals surface area contributed by atoms with Gasteiger partial charge in [0.1, 0.15) is 0 Å². The Labute approximate surface area is 135 Å². The van der Waals surface area contributed by atoms with Crippen molar-refractivity contribution >= 4 is 11.8 Å². The van der Waals surface area contributed by atoms with Crippen LogP contribution >= 0.6 is 0 Å². The second-order valence-corrected chi connectivity index (χ2v) is 5.27. The Bertz CT molecular complexity index is 654. The number of carbonyl (C=O) groups is 2. The Morgan fingerprint density at radius 3 is 2.17 bits per heavy atom. The van der Waals surface area contributed by atoms with Crippen LogP contribution in [-0.2, 0) is 0 Å². The number of benzene rings is 2. The summed E-state index contributed by atoms with van der Waals surface area (Å²) in [4.78, 5) is 23.2. The van der Waals surface area contributed by atoms with Gasteiger partial charge in [-0.3, -0.25) is 9.59 Å². The van der Waals surface area contributed by atoms with Crippen LogP contribution in [0, 0.1) is 0 Å². The lowest BCUT2D eigenvalue weighted by Crippen LogP contribution is -2.29. The van der Waals surface area contributed by atoms with Crippen LogP contribution in [0.15, 0.2) is 54.6 Å². The van der Waals surface area contributed by atoms with Crippen molar-refractivity contribution < 1.29 is 14.7 Å². The lowest BCUT2D eigenvalue weighted by molar-refractivity contribution is 0.0946. The molecule has 0 bridgehead atoms. The Balaban J connectivity index is 2.00. The number of nitrogens with one attached hydrogen (secondary N) is 1. The number of carbonyl (C=O) groups excluding carboxylic acids is 2. The number of primary amides is 1. The molecule has 23 heavy (non-hydrogen) atoms. The fourth-order valence-electron chi connectivity index (χ4n) is 2.37. The summed E-state index contributed by atoms with van der Waals surface area (Å²) < 4.78 is 0. The summed E-state index contributed by atoms with van der Waals surface area (Å²) in [6.07, 6.45) is 0.574. The van der Waals surface area contributed by atoms with Gasteiger partial charge in [-0.25, -0.2) is 0 Å². The molecular weight excluding hydrogens is 292 g/mol.